The summed E-state index contributed by atoms with van der Waals surface area (Å²) in [5.41, 5.74) is 3.21. The zero-order valence-electron chi connectivity index (χ0n) is 45.3. The Kier molecular flexibility index (Phi) is 14.6. The van der Waals surface area contributed by atoms with Crippen LogP contribution in [0.1, 0.15) is 204 Å². The first-order valence-corrected chi connectivity index (χ1v) is 29.0. The molecule has 10 rings (SSSR count). The van der Waals surface area contributed by atoms with Crippen molar-refractivity contribution in [1.82, 2.24) is 9.97 Å². The molecule has 0 spiro atoms. The molecule has 0 aromatic carbocycles. The van der Waals surface area contributed by atoms with Gasteiger partial charge in [0.05, 0.1) is 36.7 Å². The summed E-state index contributed by atoms with van der Waals surface area (Å²) in [5.74, 6) is 7.17. The van der Waals surface area contributed by atoms with Crippen molar-refractivity contribution in [1.29, 1.82) is 0 Å². The van der Waals surface area contributed by atoms with Crippen LogP contribution in [0, 0.1) is 92.7 Å². The van der Waals surface area contributed by atoms with Crippen LogP contribution in [0.15, 0.2) is 36.7 Å². The van der Waals surface area contributed by atoms with Gasteiger partial charge in [-0.3, -0.25) is 19.6 Å². The Balaban J connectivity index is 0.718. The largest absolute Gasteiger partial charge is 0.469 e. The van der Waals surface area contributed by atoms with Gasteiger partial charge in [0.25, 0.3) is 0 Å². The van der Waals surface area contributed by atoms with E-state index >= 15 is 0 Å². The number of fused-ring (bicyclic) bond motifs is 10. The predicted octanol–water partition coefficient (Wildman–Crippen LogP) is 13.7. The lowest BCUT2D eigenvalue weighted by Crippen LogP contribution is -2.54. The van der Waals surface area contributed by atoms with E-state index in [0.717, 1.165) is 86.9 Å². The normalized spacial score (nSPS) is 40.6. The highest BCUT2D eigenvalue weighted by molar-refractivity contribution is 5.92. The van der Waals surface area contributed by atoms with Crippen LogP contribution in [-0.4, -0.2) is 60.3 Å². The molecule has 2 aromatic rings. The molecule has 18 atom stereocenters. The maximum atomic E-state index is 13.9. The Morgan fingerprint density at radius 1 is 0.528 bits per heavy atom. The molecule has 2 heterocycles. The SMILES string of the molecule is COC(=O)CC[C@@H](C)[C@H]1CC[C@H]2[C@@H]3CC[C@@H]4C[C@H](OC(=O)c5ccnc(-c6cc(C(=O)O[C@@H]7CC[C@@]8(C)[C@H](CC[C@@H]9[C@@H]8CC[C@]8(C)[C@@H]([C@H](C)CCC(=O)OC)CC[C@@H]98)C7)ccn6)c5)CC[C@]4(C)[C@H]3CC[C@]12C. The van der Waals surface area contributed by atoms with Gasteiger partial charge in [-0.25, -0.2) is 9.59 Å². The molecule has 8 aliphatic carbocycles. The number of nitrogens with zero attached hydrogens (tertiary/aromatic N) is 2. The first-order chi connectivity index (χ1) is 34.5. The van der Waals surface area contributed by atoms with E-state index in [1.165, 1.54) is 91.3 Å². The summed E-state index contributed by atoms with van der Waals surface area (Å²) < 4.78 is 22.6. The van der Waals surface area contributed by atoms with Gasteiger partial charge in [-0.2, -0.15) is 0 Å². The highest BCUT2D eigenvalue weighted by Crippen LogP contribution is 2.70. The smallest absolute Gasteiger partial charge is 0.338 e. The average molecular weight is 989 g/mol. The van der Waals surface area contributed by atoms with Gasteiger partial charge in [-0.05, 0) is 245 Å². The van der Waals surface area contributed by atoms with Crippen LogP contribution in [0.2, 0.25) is 0 Å². The minimum Gasteiger partial charge on any atom is -0.469 e. The zero-order chi connectivity index (χ0) is 50.7. The summed E-state index contributed by atoms with van der Waals surface area (Å²) in [6, 6.07) is 6.96. The van der Waals surface area contributed by atoms with Gasteiger partial charge in [-0.1, -0.05) is 41.5 Å². The molecule has 72 heavy (non-hydrogen) atoms. The highest BCUT2D eigenvalue weighted by Gasteiger charge is 2.62. The van der Waals surface area contributed by atoms with Crippen LogP contribution in [0.4, 0.5) is 0 Å². The third kappa shape index (κ3) is 9.27. The molecule has 0 N–H and O–H groups in total. The molecule has 0 bridgehead atoms. The molecule has 0 unspecified atom stereocenters. The molecule has 0 aliphatic heterocycles. The van der Waals surface area contributed by atoms with E-state index < -0.39 is 0 Å². The summed E-state index contributed by atoms with van der Waals surface area (Å²) in [6.07, 6.45) is 27.1. The number of carbonyl (C=O) groups is 4. The zero-order valence-corrected chi connectivity index (χ0v) is 45.3. The molecule has 8 saturated carbocycles. The van der Waals surface area contributed by atoms with Gasteiger partial charge >= 0.3 is 23.9 Å². The quantitative estimate of drug-likeness (QED) is 0.141. The minimum absolute atomic E-state index is 0.0893. The molecule has 10 heteroatoms. The number of methoxy groups -OCH3 is 2. The lowest BCUT2D eigenvalue weighted by molar-refractivity contribution is -0.142. The molecule has 8 aliphatic rings. The van der Waals surface area contributed by atoms with Crippen LogP contribution in [-0.2, 0) is 28.5 Å². The van der Waals surface area contributed by atoms with Gasteiger partial charge in [0.2, 0.25) is 0 Å². The number of esters is 4. The predicted molar refractivity (Wildman–Crippen MR) is 277 cm³/mol. The van der Waals surface area contributed by atoms with Gasteiger partial charge in [0, 0.05) is 25.2 Å². The van der Waals surface area contributed by atoms with Crippen molar-refractivity contribution < 1.29 is 38.1 Å². The lowest BCUT2D eigenvalue weighted by Gasteiger charge is -2.61. The van der Waals surface area contributed by atoms with Crippen molar-refractivity contribution >= 4 is 23.9 Å². The van der Waals surface area contributed by atoms with E-state index in [2.05, 4.69) is 51.5 Å². The maximum absolute atomic E-state index is 13.9. The second-order valence-corrected chi connectivity index (χ2v) is 26.4. The van der Waals surface area contributed by atoms with Crippen LogP contribution in [0.5, 0.6) is 0 Å². The van der Waals surface area contributed by atoms with E-state index in [1.54, 1.807) is 36.7 Å². The number of carbonyl (C=O) groups excluding carboxylic acids is 4. The van der Waals surface area contributed by atoms with Crippen molar-refractivity contribution in [3.05, 3.63) is 47.8 Å². The Morgan fingerprint density at radius 2 is 0.917 bits per heavy atom. The second kappa shape index (κ2) is 20.4. The molecular weight excluding hydrogens is 901 g/mol. The van der Waals surface area contributed by atoms with E-state index in [4.69, 9.17) is 18.9 Å². The van der Waals surface area contributed by atoms with Gasteiger partial charge < -0.3 is 18.9 Å². The molecule has 394 valence electrons. The van der Waals surface area contributed by atoms with Crippen molar-refractivity contribution in [2.45, 2.75) is 195 Å². The van der Waals surface area contributed by atoms with E-state index in [9.17, 15) is 19.2 Å². The average Bonchev–Trinajstić information content (AvgIpc) is 3.94. The van der Waals surface area contributed by atoms with E-state index in [0.29, 0.717) is 81.7 Å². The van der Waals surface area contributed by atoms with Gasteiger partial charge in [0.15, 0.2) is 0 Å². The number of ether oxygens (including phenoxy) is 4. The third-order valence-corrected chi connectivity index (χ3v) is 23.6. The van der Waals surface area contributed by atoms with Gasteiger partial charge in [-0.15, -0.1) is 0 Å². The Hall–Kier alpha value is -3.82. The number of aromatic nitrogens is 2. The van der Waals surface area contributed by atoms with Crippen molar-refractivity contribution in [3.63, 3.8) is 0 Å². The Bertz CT molecular complexity index is 2180. The minimum atomic E-state index is -0.321. The molecule has 2 aromatic heterocycles. The standard InChI is InChI=1S/C62H88N2O8/c1-37(9-19-55(65)69-7)47-15-17-49-45-13-11-41-35-43(21-27-59(41,3)51(45)23-29-61(47,49)5)71-57(67)39-25-31-63-53(33-39)54-34-40(26-32-64-54)58(68)72-44-22-28-60(4)42(36-44)12-14-46-50-18-16-48(38(2)10-20-56(66)70-8)62(50,6)30-24-52(46)60/h25-26,31-34,37-38,41-52H,9-24,27-30,35-36H2,1-8H3/t37-,38-,41-,42-,43-,44-,45+,46+,47-,48-,49+,50+,51+,52+,59+,60+,61-,62-/m1/s1. The number of pyridine rings is 2. The van der Waals surface area contributed by atoms with Crippen LogP contribution in [0.3, 0.4) is 0 Å². The van der Waals surface area contributed by atoms with Crippen LogP contribution < -0.4 is 0 Å². The number of rotatable bonds is 13. The monoisotopic (exact) mass is 989 g/mol. The van der Waals surface area contributed by atoms with Crippen molar-refractivity contribution in [3.8, 4) is 11.4 Å². The topological polar surface area (TPSA) is 131 Å². The summed E-state index contributed by atoms with van der Waals surface area (Å²) in [7, 11) is 2.99. The van der Waals surface area contributed by atoms with E-state index in [-0.39, 0.29) is 46.9 Å². The molecule has 8 fully saturated rings. The molecule has 0 amide bonds. The fraction of sp³-hybridized carbons (Fsp3) is 0.774. The van der Waals surface area contributed by atoms with Crippen molar-refractivity contribution in [2.75, 3.05) is 14.2 Å². The van der Waals surface area contributed by atoms with Crippen LogP contribution in [0.25, 0.3) is 11.4 Å². The second-order valence-electron chi connectivity index (χ2n) is 26.4. The van der Waals surface area contributed by atoms with Crippen LogP contribution >= 0.6 is 0 Å². The molecule has 0 saturated heterocycles. The highest BCUT2D eigenvalue weighted by atomic mass is 16.5. The summed E-state index contributed by atoms with van der Waals surface area (Å²) in [4.78, 5) is 60.9. The molecule has 10 nitrogen and oxygen atoms in total. The number of hydrogen-bond donors (Lipinski definition) is 0. The van der Waals surface area contributed by atoms with Gasteiger partial charge in [0.1, 0.15) is 12.2 Å². The first kappa shape index (κ1) is 51.7. The first-order valence-electron chi connectivity index (χ1n) is 29.0. The number of hydrogen-bond acceptors (Lipinski definition) is 10. The summed E-state index contributed by atoms with van der Waals surface area (Å²) in [5, 5.41) is 0. The van der Waals surface area contributed by atoms with E-state index in [1.807, 2.05) is 0 Å². The molecular formula is C62H88N2O8. The fourth-order valence-electron chi connectivity index (χ4n) is 19.7. The summed E-state index contributed by atoms with van der Waals surface area (Å²) in [6.45, 7) is 15.1. The maximum Gasteiger partial charge on any atom is 0.338 e. The Morgan fingerprint density at radius 3 is 1.32 bits per heavy atom. The van der Waals surface area contributed by atoms with Crippen molar-refractivity contribution in [2.24, 2.45) is 92.7 Å². The third-order valence-electron chi connectivity index (χ3n) is 23.6. The fourth-order valence-corrected chi connectivity index (χ4v) is 19.7. The Labute approximate surface area is 431 Å². The molecule has 0 radical (unpaired) electrons. The summed E-state index contributed by atoms with van der Waals surface area (Å²) >= 11 is 0. The lowest BCUT2D eigenvalue weighted by atomic mass is 9.44.